The zero-order valence-electron chi connectivity index (χ0n) is 12.7. The van der Waals surface area contributed by atoms with E-state index in [9.17, 15) is 9.59 Å². The molecule has 1 atom stereocenters. The lowest BCUT2D eigenvalue weighted by molar-refractivity contribution is -0.131. The largest absolute Gasteiger partial charge is 0.397 e. The number of rotatable bonds is 5. The predicted molar refractivity (Wildman–Crippen MR) is 85.3 cm³/mol. The van der Waals surface area contributed by atoms with E-state index in [1.807, 2.05) is 0 Å². The van der Waals surface area contributed by atoms with Crippen molar-refractivity contribution in [3.05, 3.63) is 23.2 Å². The summed E-state index contributed by atoms with van der Waals surface area (Å²) < 4.78 is 0. The molecule has 3 N–H and O–H groups in total. The number of carbonyl (C=O) groups excluding carboxylic acids is 2. The summed E-state index contributed by atoms with van der Waals surface area (Å²) in [5, 5.41) is 3.24. The average Bonchev–Trinajstić information content (AvgIpc) is 2.40. The summed E-state index contributed by atoms with van der Waals surface area (Å²) >= 11 is 5.81. The van der Waals surface area contributed by atoms with E-state index >= 15 is 0 Å². The van der Waals surface area contributed by atoms with Crippen LogP contribution in [0.15, 0.2) is 18.2 Å². The van der Waals surface area contributed by atoms with Gasteiger partial charge in [-0.3, -0.25) is 14.5 Å². The number of benzene rings is 1. The van der Waals surface area contributed by atoms with Crippen LogP contribution in [0.3, 0.4) is 0 Å². The van der Waals surface area contributed by atoms with Crippen molar-refractivity contribution in [2.45, 2.75) is 13.0 Å². The maximum Gasteiger partial charge on any atom is 0.241 e. The Morgan fingerprint density at radius 1 is 1.33 bits per heavy atom. The Morgan fingerprint density at radius 2 is 1.95 bits per heavy atom. The molecule has 1 unspecified atom stereocenters. The van der Waals surface area contributed by atoms with Gasteiger partial charge in [-0.15, -0.1) is 0 Å². The van der Waals surface area contributed by atoms with Gasteiger partial charge in [-0.25, -0.2) is 0 Å². The zero-order chi connectivity index (χ0) is 16.2. The van der Waals surface area contributed by atoms with Crippen LogP contribution >= 0.6 is 11.6 Å². The molecule has 1 rings (SSSR count). The first-order valence-corrected chi connectivity index (χ1v) is 6.86. The van der Waals surface area contributed by atoms with E-state index in [4.69, 9.17) is 17.3 Å². The predicted octanol–water partition coefficient (Wildman–Crippen LogP) is 1.27. The first kappa shape index (κ1) is 17.3. The topological polar surface area (TPSA) is 78.7 Å². The van der Waals surface area contributed by atoms with Crippen LogP contribution in [0.25, 0.3) is 0 Å². The normalized spacial score (nSPS) is 12.1. The van der Waals surface area contributed by atoms with E-state index in [1.165, 1.54) is 4.90 Å². The van der Waals surface area contributed by atoms with E-state index in [0.717, 1.165) is 0 Å². The number of nitrogens with two attached hydrogens (primary N) is 1. The van der Waals surface area contributed by atoms with Gasteiger partial charge in [-0.2, -0.15) is 0 Å². The van der Waals surface area contributed by atoms with Gasteiger partial charge in [-0.1, -0.05) is 11.6 Å². The van der Waals surface area contributed by atoms with Crippen molar-refractivity contribution in [2.24, 2.45) is 0 Å². The first-order valence-electron chi connectivity index (χ1n) is 6.48. The second kappa shape index (κ2) is 7.28. The smallest absolute Gasteiger partial charge is 0.241 e. The Kier molecular flexibility index (Phi) is 5.99. The molecule has 1 aromatic rings. The SMILES string of the molecule is CC(C(=O)Nc1ccc(Cl)cc1N)N(C)CC(=O)N(C)C. The van der Waals surface area contributed by atoms with Crippen LogP contribution in [0.5, 0.6) is 0 Å². The molecule has 0 spiro atoms. The highest BCUT2D eigenvalue weighted by molar-refractivity contribution is 6.31. The number of carbonyl (C=O) groups is 2. The number of likely N-dealkylation sites (N-methyl/N-ethyl adjacent to an activating group) is 2. The van der Waals surface area contributed by atoms with Crippen molar-refractivity contribution < 1.29 is 9.59 Å². The number of anilines is 2. The summed E-state index contributed by atoms with van der Waals surface area (Å²) in [6.07, 6.45) is 0. The van der Waals surface area contributed by atoms with Crippen LogP contribution in [0.2, 0.25) is 5.02 Å². The fraction of sp³-hybridized carbons (Fsp3) is 0.429. The highest BCUT2D eigenvalue weighted by Gasteiger charge is 2.21. The van der Waals surface area contributed by atoms with Crippen LogP contribution in [0.4, 0.5) is 11.4 Å². The molecule has 0 aromatic heterocycles. The lowest BCUT2D eigenvalue weighted by Gasteiger charge is -2.24. The number of nitrogen functional groups attached to an aromatic ring is 1. The Hall–Kier alpha value is -1.79. The van der Waals surface area contributed by atoms with Crippen LogP contribution in [0, 0.1) is 0 Å². The third-order valence-electron chi connectivity index (χ3n) is 3.20. The molecule has 116 valence electrons. The molecular formula is C14H21ClN4O2. The molecule has 1 aromatic carbocycles. The monoisotopic (exact) mass is 312 g/mol. The number of hydrogen-bond donors (Lipinski definition) is 2. The van der Waals surface area contributed by atoms with Gasteiger partial charge in [0.15, 0.2) is 0 Å². The molecular weight excluding hydrogens is 292 g/mol. The minimum atomic E-state index is -0.469. The quantitative estimate of drug-likeness (QED) is 0.803. The second-order valence-electron chi connectivity index (χ2n) is 5.10. The molecule has 0 fully saturated rings. The lowest BCUT2D eigenvalue weighted by Crippen LogP contribution is -2.44. The first-order chi connectivity index (χ1) is 9.72. The Balaban J connectivity index is 2.68. The molecule has 0 aliphatic carbocycles. The maximum absolute atomic E-state index is 12.2. The maximum atomic E-state index is 12.2. The lowest BCUT2D eigenvalue weighted by atomic mass is 10.2. The van der Waals surface area contributed by atoms with Crippen molar-refractivity contribution in [1.29, 1.82) is 0 Å². The number of hydrogen-bond acceptors (Lipinski definition) is 4. The molecule has 7 heteroatoms. The van der Waals surface area contributed by atoms with Gasteiger partial charge in [0.25, 0.3) is 0 Å². The molecule has 0 saturated heterocycles. The van der Waals surface area contributed by atoms with Gasteiger partial charge in [0, 0.05) is 19.1 Å². The summed E-state index contributed by atoms with van der Waals surface area (Å²) in [6.45, 7) is 1.89. The molecule has 0 heterocycles. The summed E-state index contributed by atoms with van der Waals surface area (Å²) in [7, 11) is 5.07. The number of halogens is 1. The van der Waals surface area contributed by atoms with Crippen molar-refractivity contribution >= 4 is 34.8 Å². The Morgan fingerprint density at radius 3 is 2.48 bits per heavy atom. The van der Waals surface area contributed by atoms with Crippen LogP contribution < -0.4 is 11.1 Å². The van der Waals surface area contributed by atoms with Gasteiger partial charge in [0.05, 0.1) is 24.0 Å². The van der Waals surface area contributed by atoms with E-state index < -0.39 is 6.04 Å². The highest BCUT2D eigenvalue weighted by atomic mass is 35.5. The van der Waals surface area contributed by atoms with Gasteiger partial charge < -0.3 is 16.0 Å². The third-order valence-corrected chi connectivity index (χ3v) is 3.43. The number of nitrogens with one attached hydrogen (secondary N) is 1. The van der Waals surface area contributed by atoms with Gasteiger partial charge in [0.2, 0.25) is 11.8 Å². The number of amides is 2. The minimum Gasteiger partial charge on any atom is -0.397 e. The summed E-state index contributed by atoms with van der Waals surface area (Å²) in [5.41, 5.74) is 6.69. The zero-order valence-corrected chi connectivity index (χ0v) is 13.4. The molecule has 6 nitrogen and oxygen atoms in total. The molecule has 0 bridgehead atoms. The Bertz CT molecular complexity index is 534. The van der Waals surface area contributed by atoms with Gasteiger partial charge >= 0.3 is 0 Å². The van der Waals surface area contributed by atoms with Gasteiger partial charge in [-0.05, 0) is 32.2 Å². The summed E-state index contributed by atoms with van der Waals surface area (Å²) in [6, 6.07) is 4.40. The van der Waals surface area contributed by atoms with Crippen molar-refractivity contribution in [2.75, 3.05) is 38.7 Å². The van der Waals surface area contributed by atoms with Crippen LogP contribution in [-0.2, 0) is 9.59 Å². The average molecular weight is 313 g/mol. The molecule has 0 aliphatic rings. The van der Waals surface area contributed by atoms with E-state index in [1.54, 1.807) is 51.2 Å². The van der Waals surface area contributed by atoms with Crippen LogP contribution in [0.1, 0.15) is 6.92 Å². The van der Waals surface area contributed by atoms with E-state index in [0.29, 0.717) is 16.4 Å². The van der Waals surface area contributed by atoms with E-state index in [2.05, 4.69) is 5.32 Å². The summed E-state index contributed by atoms with van der Waals surface area (Å²) in [4.78, 5) is 27.0. The molecule has 0 radical (unpaired) electrons. The van der Waals surface area contributed by atoms with Crippen LogP contribution in [-0.4, -0.2) is 55.3 Å². The standard InChI is InChI=1S/C14H21ClN4O2/c1-9(19(4)8-13(20)18(2)3)14(21)17-12-6-5-10(15)7-11(12)16/h5-7,9H,8,16H2,1-4H3,(H,17,21). The fourth-order valence-corrected chi connectivity index (χ4v) is 1.76. The number of nitrogens with zero attached hydrogens (tertiary/aromatic N) is 2. The summed E-state index contributed by atoms with van der Waals surface area (Å²) in [5.74, 6) is -0.304. The fourth-order valence-electron chi connectivity index (χ4n) is 1.58. The van der Waals surface area contributed by atoms with Gasteiger partial charge in [0.1, 0.15) is 0 Å². The second-order valence-corrected chi connectivity index (χ2v) is 5.54. The molecule has 21 heavy (non-hydrogen) atoms. The highest BCUT2D eigenvalue weighted by Crippen LogP contribution is 2.22. The van der Waals surface area contributed by atoms with E-state index in [-0.39, 0.29) is 18.4 Å². The van der Waals surface area contributed by atoms with Crippen molar-refractivity contribution in [1.82, 2.24) is 9.80 Å². The minimum absolute atomic E-state index is 0.0665. The molecule has 2 amide bonds. The third kappa shape index (κ3) is 4.91. The Labute approximate surface area is 129 Å². The van der Waals surface area contributed by atoms with Crippen molar-refractivity contribution in [3.63, 3.8) is 0 Å². The molecule has 0 aliphatic heterocycles. The molecule has 0 saturated carbocycles. The van der Waals surface area contributed by atoms with Crippen molar-refractivity contribution in [3.8, 4) is 0 Å².